The topological polar surface area (TPSA) is 41.9 Å². The largest absolute Gasteiger partial charge is 0.460 e. The molecular formula is C12H24N2O2. The van der Waals surface area contributed by atoms with Crippen LogP contribution >= 0.6 is 0 Å². The van der Waals surface area contributed by atoms with Gasteiger partial charge in [-0.2, -0.15) is 0 Å². The van der Waals surface area contributed by atoms with Gasteiger partial charge in [0, 0.05) is 12.3 Å². The van der Waals surface area contributed by atoms with Crippen LogP contribution in [0.4, 0.5) is 0 Å². The number of aliphatic imine (C=N–C) groups is 1. The maximum absolute atomic E-state index is 11.5. The van der Waals surface area contributed by atoms with Gasteiger partial charge in [0.2, 0.25) is 0 Å². The standard InChI is InChI=1S/C12H24N2O2/c1-10(13-7-8-14(5)6)9-11(15)16-12(2,3)4/h7-9H2,1-6H3/b13-10+. The van der Waals surface area contributed by atoms with Crippen molar-refractivity contribution in [2.75, 3.05) is 27.2 Å². The number of rotatable bonds is 5. The summed E-state index contributed by atoms with van der Waals surface area (Å²) in [5.74, 6) is -0.210. The van der Waals surface area contributed by atoms with E-state index >= 15 is 0 Å². The molecule has 4 heteroatoms. The molecule has 0 aliphatic rings. The molecule has 0 N–H and O–H groups in total. The zero-order valence-electron chi connectivity index (χ0n) is 11.3. The molecule has 0 aromatic rings. The molecule has 94 valence electrons. The lowest BCUT2D eigenvalue weighted by molar-refractivity contribution is -0.153. The monoisotopic (exact) mass is 228 g/mol. The van der Waals surface area contributed by atoms with Crippen molar-refractivity contribution < 1.29 is 9.53 Å². The van der Waals surface area contributed by atoms with E-state index < -0.39 is 5.60 Å². The molecule has 0 bridgehead atoms. The minimum Gasteiger partial charge on any atom is -0.460 e. The maximum atomic E-state index is 11.5. The van der Waals surface area contributed by atoms with E-state index in [1.54, 1.807) is 0 Å². The summed E-state index contributed by atoms with van der Waals surface area (Å²) >= 11 is 0. The smallest absolute Gasteiger partial charge is 0.312 e. The van der Waals surface area contributed by atoms with Gasteiger partial charge in [-0.15, -0.1) is 0 Å². The molecule has 0 radical (unpaired) electrons. The number of carbonyl (C=O) groups excluding carboxylic acids is 1. The summed E-state index contributed by atoms with van der Waals surface area (Å²) in [5, 5.41) is 0. The highest BCUT2D eigenvalue weighted by molar-refractivity contribution is 5.97. The molecule has 0 aromatic heterocycles. The average molecular weight is 228 g/mol. The lowest BCUT2D eigenvalue weighted by atomic mass is 10.2. The first kappa shape index (κ1) is 15.1. The van der Waals surface area contributed by atoms with E-state index in [0.29, 0.717) is 0 Å². The first-order chi connectivity index (χ1) is 7.20. The SMILES string of the molecule is C/C(CC(=O)OC(C)(C)C)=N\CCN(C)C. The van der Waals surface area contributed by atoms with Gasteiger partial charge < -0.3 is 9.64 Å². The zero-order valence-corrected chi connectivity index (χ0v) is 11.3. The third-order valence-electron chi connectivity index (χ3n) is 1.75. The molecule has 0 fully saturated rings. The highest BCUT2D eigenvalue weighted by Crippen LogP contribution is 2.08. The van der Waals surface area contributed by atoms with Gasteiger partial charge in [0.1, 0.15) is 5.60 Å². The lowest BCUT2D eigenvalue weighted by Crippen LogP contribution is -2.25. The minimum atomic E-state index is -0.416. The van der Waals surface area contributed by atoms with Crippen molar-refractivity contribution in [2.24, 2.45) is 4.99 Å². The Hall–Kier alpha value is -0.900. The van der Waals surface area contributed by atoms with Crippen LogP contribution in [0.5, 0.6) is 0 Å². The third kappa shape index (κ3) is 9.65. The van der Waals surface area contributed by atoms with E-state index in [4.69, 9.17) is 4.74 Å². The van der Waals surface area contributed by atoms with Gasteiger partial charge in [-0.3, -0.25) is 9.79 Å². The van der Waals surface area contributed by atoms with E-state index in [-0.39, 0.29) is 12.4 Å². The molecule has 4 nitrogen and oxygen atoms in total. The fourth-order valence-electron chi connectivity index (χ4n) is 1.08. The number of carbonyl (C=O) groups is 1. The van der Waals surface area contributed by atoms with Crippen molar-refractivity contribution in [1.29, 1.82) is 0 Å². The van der Waals surface area contributed by atoms with Crippen molar-refractivity contribution >= 4 is 11.7 Å². The Balaban J connectivity index is 3.95. The predicted molar refractivity (Wildman–Crippen MR) is 67.0 cm³/mol. The molecule has 0 amide bonds. The zero-order chi connectivity index (χ0) is 12.8. The highest BCUT2D eigenvalue weighted by Gasteiger charge is 2.16. The lowest BCUT2D eigenvalue weighted by Gasteiger charge is -2.19. The van der Waals surface area contributed by atoms with Crippen LogP contribution in [0, 0.1) is 0 Å². The van der Waals surface area contributed by atoms with Gasteiger partial charge >= 0.3 is 5.97 Å². The van der Waals surface area contributed by atoms with Crippen molar-refractivity contribution in [2.45, 2.75) is 39.7 Å². The van der Waals surface area contributed by atoms with E-state index in [2.05, 4.69) is 9.89 Å². The molecule has 0 heterocycles. The van der Waals surface area contributed by atoms with E-state index in [1.165, 1.54) is 0 Å². The van der Waals surface area contributed by atoms with Crippen molar-refractivity contribution in [3.63, 3.8) is 0 Å². The van der Waals surface area contributed by atoms with Crippen LogP contribution in [-0.2, 0) is 9.53 Å². The average Bonchev–Trinajstić information content (AvgIpc) is 1.98. The van der Waals surface area contributed by atoms with Crippen LogP contribution in [0.3, 0.4) is 0 Å². The normalized spacial score (nSPS) is 13.1. The second kappa shape index (κ2) is 6.63. The molecule has 0 spiro atoms. The Morgan fingerprint density at radius 3 is 2.31 bits per heavy atom. The van der Waals surface area contributed by atoms with Gasteiger partial charge in [-0.1, -0.05) is 0 Å². The maximum Gasteiger partial charge on any atom is 0.312 e. The van der Waals surface area contributed by atoms with Crippen LogP contribution in [0.25, 0.3) is 0 Å². The molecule has 0 saturated carbocycles. The summed E-state index contributed by atoms with van der Waals surface area (Å²) in [4.78, 5) is 17.8. The molecule has 0 atom stereocenters. The number of esters is 1. The molecule has 0 aliphatic heterocycles. The predicted octanol–water partition coefficient (Wildman–Crippen LogP) is 1.74. The molecule has 0 aromatic carbocycles. The Kier molecular flexibility index (Phi) is 6.26. The van der Waals surface area contributed by atoms with Crippen LogP contribution in [0.15, 0.2) is 4.99 Å². The Bertz CT molecular complexity index is 252. The fourth-order valence-corrected chi connectivity index (χ4v) is 1.08. The summed E-state index contributed by atoms with van der Waals surface area (Å²) in [7, 11) is 4.00. The van der Waals surface area contributed by atoms with E-state index in [1.807, 2.05) is 41.8 Å². The number of hydrogen-bond acceptors (Lipinski definition) is 4. The van der Waals surface area contributed by atoms with Gasteiger partial charge in [0.05, 0.1) is 13.0 Å². The summed E-state index contributed by atoms with van der Waals surface area (Å²) in [6.07, 6.45) is 0.282. The molecular weight excluding hydrogens is 204 g/mol. The second-order valence-corrected chi connectivity index (χ2v) is 5.18. The van der Waals surface area contributed by atoms with Crippen molar-refractivity contribution in [3.05, 3.63) is 0 Å². The number of likely N-dealkylation sites (N-methyl/N-ethyl adjacent to an activating group) is 1. The van der Waals surface area contributed by atoms with Gasteiger partial charge in [0.15, 0.2) is 0 Å². The molecule has 16 heavy (non-hydrogen) atoms. The number of ether oxygens (including phenoxy) is 1. The number of hydrogen-bond donors (Lipinski definition) is 0. The van der Waals surface area contributed by atoms with E-state index in [9.17, 15) is 4.79 Å². The van der Waals surface area contributed by atoms with Gasteiger partial charge in [-0.05, 0) is 41.8 Å². The van der Waals surface area contributed by atoms with E-state index in [0.717, 1.165) is 18.8 Å². The summed E-state index contributed by atoms with van der Waals surface area (Å²) < 4.78 is 5.21. The molecule has 0 saturated heterocycles. The highest BCUT2D eigenvalue weighted by atomic mass is 16.6. The Morgan fingerprint density at radius 1 is 1.31 bits per heavy atom. The summed E-state index contributed by atoms with van der Waals surface area (Å²) in [6.45, 7) is 9.07. The quantitative estimate of drug-likeness (QED) is 0.531. The third-order valence-corrected chi connectivity index (χ3v) is 1.75. The summed E-state index contributed by atoms with van der Waals surface area (Å²) in [6, 6.07) is 0. The summed E-state index contributed by atoms with van der Waals surface area (Å²) in [5.41, 5.74) is 0.414. The van der Waals surface area contributed by atoms with Gasteiger partial charge in [-0.25, -0.2) is 0 Å². The molecule has 0 unspecified atom stereocenters. The Morgan fingerprint density at radius 2 is 1.88 bits per heavy atom. The molecule has 0 aliphatic carbocycles. The Labute approximate surface area is 98.7 Å². The van der Waals surface area contributed by atoms with Gasteiger partial charge in [0.25, 0.3) is 0 Å². The van der Waals surface area contributed by atoms with Crippen LogP contribution in [-0.4, -0.2) is 49.4 Å². The van der Waals surface area contributed by atoms with Crippen molar-refractivity contribution in [3.8, 4) is 0 Å². The first-order valence-corrected chi connectivity index (χ1v) is 5.57. The first-order valence-electron chi connectivity index (χ1n) is 5.57. The van der Waals surface area contributed by atoms with Crippen LogP contribution in [0.2, 0.25) is 0 Å². The number of nitrogens with zero attached hydrogens (tertiary/aromatic N) is 2. The molecule has 0 rings (SSSR count). The van der Waals surface area contributed by atoms with Crippen molar-refractivity contribution in [1.82, 2.24) is 4.90 Å². The minimum absolute atomic E-state index is 0.210. The fraction of sp³-hybridized carbons (Fsp3) is 0.833. The second-order valence-electron chi connectivity index (χ2n) is 5.18. The van der Waals surface area contributed by atoms with Crippen LogP contribution < -0.4 is 0 Å². The van der Waals surface area contributed by atoms with Crippen LogP contribution in [0.1, 0.15) is 34.1 Å².